The van der Waals surface area contributed by atoms with Gasteiger partial charge in [0.25, 0.3) is 10.0 Å². The van der Waals surface area contributed by atoms with E-state index in [1.165, 1.54) is 99.7 Å². The van der Waals surface area contributed by atoms with Crippen LogP contribution in [0.1, 0.15) is 63.1 Å². The second-order valence-electron chi connectivity index (χ2n) is 31.6. The van der Waals surface area contributed by atoms with Crippen molar-refractivity contribution in [1.29, 1.82) is 5.26 Å². The molecule has 1 atom stereocenters. The predicted molar refractivity (Wildman–Crippen MR) is 514 cm³/mol. The third kappa shape index (κ3) is 13.3. The Bertz CT molecular complexity index is 7680. The minimum absolute atomic E-state index is 0. The molecule has 0 saturated carbocycles. The Labute approximate surface area is 741 Å². The minimum atomic E-state index is -0.516. The number of thiazole rings is 2. The van der Waals surface area contributed by atoms with Crippen LogP contribution in [0.4, 0.5) is 0 Å². The first-order valence-corrected chi connectivity index (χ1v) is 43.1. The number of H-pyrrole nitrogens is 2. The fourth-order valence-corrected chi connectivity index (χ4v) is 21.1. The van der Waals surface area contributed by atoms with Gasteiger partial charge >= 0.3 is 10.1 Å². The first kappa shape index (κ1) is 78.8. The number of fused-ring (bicyclic) bond motifs is 20. The summed E-state index contributed by atoms with van der Waals surface area (Å²) in [6.45, 7) is 2.14. The molecule has 0 fully saturated rings. The molecule has 1 spiro atoms. The van der Waals surface area contributed by atoms with Gasteiger partial charge in [-0.15, -0.1) is 0 Å². The number of nitriles is 1. The zero-order valence-corrected chi connectivity index (χ0v) is 69.5. The van der Waals surface area contributed by atoms with Crippen LogP contribution >= 0.6 is 22.7 Å². The maximum Gasteiger partial charge on any atom is 2.00 e. The van der Waals surface area contributed by atoms with Crippen molar-refractivity contribution < 1.29 is 20.2 Å². The molecule has 22 aromatic rings. The zero-order chi connectivity index (χ0) is 83.0. The van der Waals surface area contributed by atoms with Crippen molar-refractivity contribution >= 4 is 96.6 Å². The molecule has 0 aliphatic heterocycles. The fraction of sp³-hybridized carbons (Fsp3) is 0.0351. The normalized spacial score (nSPS) is 13.1. The number of aromatic nitrogens is 6. The van der Waals surface area contributed by atoms with Crippen LogP contribution in [0.5, 0.6) is 11.5 Å². The Hall–Kier alpha value is -15.7. The van der Waals surface area contributed by atoms with E-state index in [0.717, 1.165) is 91.1 Å². The van der Waals surface area contributed by atoms with Gasteiger partial charge in [0.1, 0.15) is 9.40 Å². The van der Waals surface area contributed by atoms with Gasteiger partial charge in [-0.3, -0.25) is 0 Å². The Morgan fingerprint density at radius 2 is 0.722 bits per heavy atom. The molecule has 0 radical (unpaired) electrons. The standard InChI is InChI=1S/C40H25N3.C39H26N2.2C17H11NOS.CH4.Be/c1-3-13-26(14-4-1)37-41-38(27-15-5-2-6-16-27)43-39(42-37)28-23-24-32-31-19-9-12-22-35(31)40(36(32)25-28)33-20-10-7-17-29(33)30-18-8-11-21-34(30)40;1-26-15-18-28(19-16-26)39(35-13-7-5-11-31(35)33-23-27(25-40)17-21-36(33)39)29-20-22-38-34(24-29)32-12-6-8-14-37(32)41(38)30-9-3-2-4-10-30;2*19-15-10-12-6-2-1-5-11(12)9-13(15)17-18-14-7-3-4-8-16(14)20-17;;/h1-25H;2-24H,1H3;2*1-10,19H;1H4;/q;;;;;+2. The van der Waals surface area contributed by atoms with Gasteiger partial charge in [0.2, 0.25) is 11.0 Å². The molecule has 3 aliphatic carbocycles. The Balaban J connectivity index is 0.000000111. The van der Waals surface area contributed by atoms with Crippen LogP contribution in [0.3, 0.4) is 0 Å². The van der Waals surface area contributed by atoms with Crippen LogP contribution in [0.15, 0.2) is 413 Å². The van der Waals surface area contributed by atoms with Crippen LogP contribution in [0.25, 0.3) is 158 Å². The van der Waals surface area contributed by atoms with Gasteiger partial charge in [0, 0.05) is 45.3 Å². The second-order valence-corrected chi connectivity index (χ2v) is 33.7. The van der Waals surface area contributed by atoms with Gasteiger partial charge in [0.15, 0.2) is 17.5 Å². The summed E-state index contributed by atoms with van der Waals surface area (Å²) in [7, 11) is 0. The van der Waals surface area contributed by atoms with E-state index in [-0.39, 0.29) is 29.0 Å². The van der Waals surface area contributed by atoms with Gasteiger partial charge in [0.05, 0.1) is 44.6 Å². The van der Waals surface area contributed by atoms with Gasteiger partial charge in [-0.2, -0.15) is 15.2 Å². The first-order valence-electron chi connectivity index (χ1n) is 41.5. The summed E-state index contributed by atoms with van der Waals surface area (Å²) >= 11 is 3.24. The molecule has 4 aromatic heterocycles. The summed E-state index contributed by atoms with van der Waals surface area (Å²) in [5, 5.41) is 42.8. The van der Waals surface area contributed by atoms with Gasteiger partial charge < -0.3 is 14.8 Å². The summed E-state index contributed by atoms with van der Waals surface area (Å²) < 4.78 is 4.69. The number of benzene rings is 18. The molecule has 12 heteroatoms. The molecule has 126 heavy (non-hydrogen) atoms. The molecule has 9 nitrogen and oxygen atoms in total. The second kappa shape index (κ2) is 32.6. The van der Waals surface area contributed by atoms with Crippen LogP contribution in [-0.4, -0.2) is 29.6 Å². The number of para-hydroxylation sites is 4. The molecular weight excluding hydrogens is 1570 g/mol. The molecule has 2 N–H and O–H groups in total. The summed E-state index contributed by atoms with van der Waals surface area (Å²) in [6.07, 6.45) is 0. The number of nitrogens with zero attached hydrogens (tertiary/aromatic N) is 5. The molecule has 25 rings (SSSR count). The van der Waals surface area contributed by atoms with Crippen molar-refractivity contribution in [2.75, 3.05) is 0 Å². The van der Waals surface area contributed by atoms with Crippen molar-refractivity contribution in [2.45, 2.75) is 25.2 Å². The Morgan fingerprint density at radius 1 is 0.317 bits per heavy atom. The predicted octanol–water partition coefficient (Wildman–Crippen LogP) is 26.0. The molecule has 0 saturated heterocycles. The summed E-state index contributed by atoms with van der Waals surface area (Å²) in [5.41, 5.74) is 28.7. The molecule has 0 bridgehead atoms. The van der Waals surface area contributed by atoms with Crippen LogP contribution < -0.4 is 20.2 Å². The molecule has 0 amide bonds. The van der Waals surface area contributed by atoms with Crippen molar-refractivity contribution in [1.82, 2.24) is 19.5 Å². The number of rotatable bonds is 8. The molecule has 3 aliphatic rings. The van der Waals surface area contributed by atoms with Crippen LogP contribution in [-0.2, 0) is 10.8 Å². The maximum atomic E-state index is 12.3. The summed E-state index contributed by atoms with van der Waals surface area (Å²) in [5.74, 6) is 2.12. The van der Waals surface area contributed by atoms with Gasteiger partial charge in [-0.05, 0) is 179 Å². The van der Waals surface area contributed by atoms with E-state index >= 15 is 0 Å². The number of nitrogens with one attached hydrogen (secondary N) is 2. The van der Waals surface area contributed by atoms with E-state index in [1.54, 1.807) is 34.8 Å². The van der Waals surface area contributed by atoms with E-state index in [2.05, 4.69) is 288 Å². The SMILES string of the molecule is C.Cc1ccc(C2(c3ccc4c(c3)c3ccccc3n4-c3ccccc3)c3ccccc3-c3cc(C#N)ccc32)cc1.[Be+2].[O-]c1cc2ccccc2cc1-c1[nH+]c2ccccc2s1.[O-]c1cc2ccccc2cc1-c1[nH+]c2ccccc2s1.c1ccc(-c2nc(-c3ccccc3)nc(-c3ccc4c(c3)C3(c5ccccc5-c5ccccc53)c3ccccc3-4)n2)cc1. The third-order valence-corrected chi connectivity index (χ3v) is 26.8. The zero-order valence-electron chi connectivity index (χ0n) is 67.8. The molecular formula is C114H77BeN7O2S2+2. The molecule has 4 heterocycles. The topological polar surface area (TPSA) is 142 Å². The van der Waals surface area contributed by atoms with E-state index < -0.39 is 10.8 Å². The largest absolute Gasteiger partial charge is 2.00 e. The van der Waals surface area contributed by atoms with Crippen LogP contribution in [0, 0.1) is 18.3 Å². The third-order valence-electron chi connectivity index (χ3n) is 24.6. The average Bonchev–Trinajstić information content (AvgIpc) is 1.51. The van der Waals surface area contributed by atoms with E-state index in [0.29, 0.717) is 23.0 Å². The smallest absolute Gasteiger partial charge is 0.872 e. The molecule has 18 aromatic carbocycles. The minimum Gasteiger partial charge on any atom is -0.872 e. The molecule has 592 valence electrons. The maximum absolute atomic E-state index is 12.3. The van der Waals surface area contributed by atoms with Gasteiger partial charge in [-0.1, -0.05) is 375 Å². The number of aryl methyl sites for hydroxylation is 1. The van der Waals surface area contributed by atoms with E-state index in [4.69, 9.17) is 15.0 Å². The summed E-state index contributed by atoms with van der Waals surface area (Å²) in [6, 6.07) is 146. The summed E-state index contributed by atoms with van der Waals surface area (Å²) in [4.78, 5) is 21.7. The quantitative estimate of drug-likeness (QED) is 0.139. The van der Waals surface area contributed by atoms with E-state index in [1.807, 2.05) is 140 Å². The average molecular weight is 1650 g/mol. The monoisotopic (exact) mass is 1650 g/mol. The van der Waals surface area contributed by atoms with Gasteiger partial charge in [-0.25, -0.2) is 15.0 Å². The fourth-order valence-electron chi connectivity index (χ4n) is 19.1. The van der Waals surface area contributed by atoms with Crippen molar-refractivity contribution in [2.24, 2.45) is 0 Å². The Morgan fingerprint density at radius 3 is 1.24 bits per heavy atom. The van der Waals surface area contributed by atoms with Crippen molar-refractivity contribution in [3.63, 3.8) is 0 Å². The number of hydrogen-bond acceptors (Lipinski definition) is 8. The van der Waals surface area contributed by atoms with E-state index in [9.17, 15) is 15.5 Å². The van der Waals surface area contributed by atoms with Crippen LogP contribution in [0.2, 0.25) is 0 Å². The van der Waals surface area contributed by atoms with Crippen molar-refractivity contribution in [3.8, 4) is 112 Å². The number of hydrogen-bond donors (Lipinski definition) is 0. The van der Waals surface area contributed by atoms with Crippen molar-refractivity contribution in [3.05, 3.63) is 468 Å². The Kier molecular flexibility index (Phi) is 20.4. The molecule has 1 unspecified atom stereocenters. The first-order chi connectivity index (χ1) is 61.1. The number of aromatic amines is 2.